The van der Waals surface area contributed by atoms with Gasteiger partial charge in [-0.3, -0.25) is 14.6 Å². The summed E-state index contributed by atoms with van der Waals surface area (Å²) in [6.45, 7) is 1.07. The second-order valence-electron chi connectivity index (χ2n) is 9.65. The van der Waals surface area contributed by atoms with E-state index in [1.165, 1.54) is 0 Å². The summed E-state index contributed by atoms with van der Waals surface area (Å²) >= 11 is 1.64. The molecule has 10 heteroatoms. The van der Waals surface area contributed by atoms with Crippen molar-refractivity contribution in [2.75, 3.05) is 20.1 Å². The first-order chi connectivity index (χ1) is 18.4. The Bertz CT molecular complexity index is 1210. The third kappa shape index (κ3) is 7.29. The Morgan fingerprint density at radius 1 is 1.13 bits per heavy atom. The molecule has 0 saturated carbocycles. The molecule has 0 unspecified atom stereocenters. The predicted molar refractivity (Wildman–Crippen MR) is 153 cm³/mol. The van der Waals surface area contributed by atoms with Crippen molar-refractivity contribution >= 4 is 39.3 Å². The summed E-state index contributed by atoms with van der Waals surface area (Å²) < 4.78 is 1.12. The summed E-state index contributed by atoms with van der Waals surface area (Å²) in [4.78, 5) is 37.6. The van der Waals surface area contributed by atoms with Crippen molar-refractivity contribution in [2.45, 2.75) is 56.7 Å². The minimum Gasteiger partial charge on any atom is -0.370 e. The van der Waals surface area contributed by atoms with Gasteiger partial charge in [0.15, 0.2) is 5.96 Å². The van der Waals surface area contributed by atoms with E-state index in [-0.39, 0.29) is 29.9 Å². The highest BCUT2D eigenvalue weighted by molar-refractivity contribution is 7.18. The Labute approximate surface area is 227 Å². The lowest BCUT2D eigenvalue weighted by atomic mass is 10.0. The molecule has 2 amide bonds. The molecule has 202 valence electrons. The molecule has 38 heavy (non-hydrogen) atoms. The number of carbonyl (C=O) groups is 2. The number of aromatic nitrogens is 1. The molecule has 0 aliphatic carbocycles. The van der Waals surface area contributed by atoms with Crippen molar-refractivity contribution in [1.82, 2.24) is 20.5 Å². The van der Waals surface area contributed by atoms with Crippen molar-refractivity contribution in [3.05, 3.63) is 65.2 Å². The van der Waals surface area contributed by atoms with Crippen LogP contribution in [0, 0.1) is 0 Å². The Kier molecular flexibility index (Phi) is 9.67. The molecule has 6 N–H and O–H groups in total. The highest BCUT2D eigenvalue weighted by Crippen LogP contribution is 2.24. The molecule has 3 atom stereocenters. The number of hydrogen-bond acceptors (Lipinski definition) is 6. The fraction of sp³-hybridized carbons (Fsp3) is 0.429. The van der Waals surface area contributed by atoms with Crippen LogP contribution in [0.4, 0.5) is 0 Å². The van der Waals surface area contributed by atoms with Crippen LogP contribution in [-0.4, -0.2) is 65.9 Å². The lowest BCUT2D eigenvalue weighted by molar-refractivity contribution is -0.140. The highest BCUT2D eigenvalue weighted by atomic mass is 32.1. The number of hydrogen-bond donors (Lipinski definition) is 4. The Balaban J connectivity index is 1.43. The number of para-hydroxylation sites is 1. The molecule has 3 aromatic rings. The maximum Gasteiger partial charge on any atom is 0.243 e. The fourth-order valence-electron chi connectivity index (χ4n) is 4.95. The van der Waals surface area contributed by atoms with Crippen LogP contribution in [0.1, 0.15) is 36.3 Å². The van der Waals surface area contributed by atoms with Gasteiger partial charge in [0.25, 0.3) is 0 Å². The Morgan fingerprint density at radius 2 is 1.89 bits per heavy atom. The molecule has 2 heterocycles. The van der Waals surface area contributed by atoms with Gasteiger partial charge in [0.1, 0.15) is 6.04 Å². The van der Waals surface area contributed by atoms with Crippen molar-refractivity contribution in [3.8, 4) is 0 Å². The SMILES string of the molecule is CN[C@H](Cc1ccccc1)C(=O)N1CCC[C@H]1C(=O)N[C@@H](CCCN=C(N)N)Cc1nc2ccccc2s1. The minimum atomic E-state index is -0.482. The number of nitrogens with one attached hydrogen (secondary N) is 2. The first-order valence-electron chi connectivity index (χ1n) is 13.2. The minimum absolute atomic E-state index is 0.0375. The molecule has 9 nitrogen and oxygen atoms in total. The lowest BCUT2D eigenvalue weighted by Gasteiger charge is -2.29. The molecule has 0 spiro atoms. The van der Waals surface area contributed by atoms with Crippen LogP contribution in [0.5, 0.6) is 0 Å². The number of rotatable bonds is 12. The molecular formula is C28H37N7O2S. The van der Waals surface area contributed by atoms with Crippen LogP contribution >= 0.6 is 11.3 Å². The van der Waals surface area contributed by atoms with E-state index in [0.717, 1.165) is 33.6 Å². The summed E-state index contributed by atoms with van der Waals surface area (Å²) in [5, 5.41) is 7.36. The zero-order valence-corrected chi connectivity index (χ0v) is 22.6. The van der Waals surface area contributed by atoms with Gasteiger partial charge in [-0.15, -0.1) is 11.3 Å². The number of amides is 2. The molecule has 0 bridgehead atoms. The van der Waals surface area contributed by atoms with E-state index in [9.17, 15) is 9.59 Å². The van der Waals surface area contributed by atoms with Gasteiger partial charge in [-0.25, -0.2) is 4.98 Å². The number of fused-ring (bicyclic) bond motifs is 1. The molecule has 4 rings (SSSR count). The summed E-state index contributed by atoms with van der Waals surface area (Å²) in [5.74, 6) is -0.0886. The second-order valence-corrected chi connectivity index (χ2v) is 10.8. The molecular weight excluding hydrogens is 498 g/mol. The predicted octanol–water partition coefficient (Wildman–Crippen LogP) is 2.20. The lowest BCUT2D eigenvalue weighted by Crippen LogP contribution is -2.54. The number of thiazole rings is 1. The van der Waals surface area contributed by atoms with Crippen LogP contribution in [0.2, 0.25) is 0 Å². The van der Waals surface area contributed by atoms with Gasteiger partial charge in [0.2, 0.25) is 11.8 Å². The van der Waals surface area contributed by atoms with Crippen molar-refractivity contribution < 1.29 is 9.59 Å². The first kappa shape index (κ1) is 27.5. The Morgan fingerprint density at radius 3 is 2.63 bits per heavy atom. The average Bonchev–Trinajstić information content (AvgIpc) is 3.57. The number of benzene rings is 2. The standard InChI is InChI=1S/C28H37N7O2S/c1-31-22(17-19-9-3-2-4-10-19)27(37)35-16-8-13-23(35)26(36)33-20(11-7-15-32-28(29)30)18-25-34-21-12-5-6-14-24(21)38-25/h2-6,9-10,12,14,20,22-23,31H,7-8,11,13,15-18H2,1H3,(H,33,36)(H4,29,30,32)/t20-,22+,23-/m0/s1. The molecule has 0 radical (unpaired) electrons. The number of guanidine groups is 1. The maximum atomic E-state index is 13.5. The monoisotopic (exact) mass is 535 g/mol. The van der Waals surface area contributed by atoms with E-state index >= 15 is 0 Å². The third-order valence-corrected chi connectivity index (χ3v) is 7.94. The number of nitrogens with two attached hydrogens (primary N) is 2. The number of likely N-dealkylation sites (tertiary alicyclic amines) is 1. The van der Waals surface area contributed by atoms with E-state index < -0.39 is 6.04 Å². The van der Waals surface area contributed by atoms with Crippen LogP contribution in [-0.2, 0) is 22.4 Å². The molecule has 1 fully saturated rings. The van der Waals surface area contributed by atoms with E-state index in [4.69, 9.17) is 16.5 Å². The zero-order valence-electron chi connectivity index (χ0n) is 21.8. The van der Waals surface area contributed by atoms with Gasteiger partial charge in [0.05, 0.1) is 21.3 Å². The van der Waals surface area contributed by atoms with E-state index in [2.05, 4.69) is 21.7 Å². The first-order valence-corrected chi connectivity index (χ1v) is 14.0. The number of carbonyl (C=O) groups excluding carboxylic acids is 2. The summed E-state index contributed by atoms with van der Waals surface area (Å²) in [6, 6.07) is 16.9. The van der Waals surface area contributed by atoms with Crippen molar-refractivity contribution in [3.63, 3.8) is 0 Å². The van der Waals surface area contributed by atoms with Gasteiger partial charge < -0.3 is 27.0 Å². The van der Waals surface area contributed by atoms with Crippen molar-refractivity contribution in [1.29, 1.82) is 0 Å². The fourth-order valence-corrected chi connectivity index (χ4v) is 6.00. The number of nitrogens with zero attached hydrogens (tertiary/aromatic N) is 3. The average molecular weight is 536 g/mol. The largest absolute Gasteiger partial charge is 0.370 e. The van der Waals surface area contributed by atoms with Gasteiger partial charge in [-0.2, -0.15) is 0 Å². The van der Waals surface area contributed by atoms with Crippen LogP contribution in [0.15, 0.2) is 59.6 Å². The number of likely N-dealkylation sites (N-methyl/N-ethyl adjacent to an activating group) is 1. The molecule has 1 saturated heterocycles. The molecule has 2 aromatic carbocycles. The maximum absolute atomic E-state index is 13.5. The topological polar surface area (TPSA) is 139 Å². The van der Waals surface area contributed by atoms with E-state index in [0.29, 0.717) is 38.8 Å². The summed E-state index contributed by atoms with van der Waals surface area (Å²) in [5.41, 5.74) is 13.0. The smallest absolute Gasteiger partial charge is 0.243 e. The Hall–Kier alpha value is -3.50. The zero-order chi connectivity index (χ0) is 26.9. The van der Waals surface area contributed by atoms with Crippen LogP contribution < -0.4 is 22.1 Å². The normalized spacial score (nSPS) is 16.8. The second kappa shape index (κ2) is 13.3. The summed E-state index contributed by atoms with van der Waals surface area (Å²) in [6.07, 6.45) is 4.07. The highest BCUT2D eigenvalue weighted by Gasteiger charge is 2.37. The van der Waals surface area contributed by atoms with Crippen LogP contribution in [0.25, 0.3) is 10.2 Å². The third-order valence-electron chi connectivity index (χ3n) is 6.88. The molecule has 1 aliphatic rings. The number of aliphatic imine (C=N–C) groups is 1. The van der Waals surface area contributed by atoms with E-state index in [1.807, 2.05) is 48.5 Å². The molecule has 1 aliphatic heterocycles. The quantitative estimate of drug-likeness (QED) is 0.159. The molecule has 1 aromatic heterocycles. The van der Waals surface area contributed by atoms with Crippen molar-refractivity contribution in [2.24, 2.45) is 16.5 Å². The van der Waals surface area contributed by atoms with Gasteiger partial charge >= 0.3 is 0 Å². The van der Waals surface area contributed by atoms with Crippen LogP contribution in [0.3, 0.4) is 0 Å². The van der Waals surface area contributed by atoms with Gasteiger partial charge in [0, 0.05) is 25.6 Å². The van der Waals surface area contributed by atoms with Gasteiger partial charge in [-0.1, -0.05) is 42.5 Å². The van der Waals surface area contributed by atoms with E-state index in [1.54, 1.807) is 23.3 Å². The van der Waals surface area contributed by atoms with Gasteiger partial charge in [-0.05, 0) is 56.8 Å². The summed E-state index contributed by atoms with van der Waals surface area (Å²) in [7, 11) is 1.79.